The second-order valence-electron chi connectivity index (χ2n) is 3.59. The number of benzene rings is 1. The summed E-state index contributed by atoms with van der Waals surface area (Å²) in [5, 5.41) is 9.04. The molecule has 0 saturated heterocycles. The minimum absolute atomic E-state index is 0.135. The lowest BCUT2D eigenvalue weighted by atomic mass is 10.0. The minimum Gasteiger partial charge on any atom is -0.288 e. The molecule has 0 aliphatic rings. The van der Waals surface area contributed by atoms with Crippen LogP contribution in [0.15, 0.2) is 34.1 Å². The number of Topliss-reactive ketones (excluding diaryl/α,β-unsaturated/α-hetero) is 1. The molecule has 0 amide bonds. The van der Waals surface area contributed by atoms with Crippen LogP contribution in [0.25, 0.3) is 0 Å². The third kappa shape index (κ3) is 3.81. The van der Waals surface area contributed by atoms with Gasteiger partial charge in [0, 0.05) is 5.56 Å². The first kappa shape index (κ1) is 16.7. The van der Waals surface area contributed by atoms with E-state index in [1.807, 2.05) is 0 Å². The highest BCUT2D eigenvalue weighted by Crippen LogP contribution is 2.32. The molecule has 1 rings (SSSR count). The highest BCUT2D eigenvalue weighted by molar-refractivity contribution is 8.21. The van der Waals surface area contributed by atoms with Crippen molar-refractivity contribution in [3.63, 3.8) is 0 Å². The van der Waals surface area contributed by atoms with E-state index >= 15 is 0 Å². The molecule has 0 heterocycles. The van der Waals surface area contributed by atoms with Gasteiger partial charge in [-0.3, -0.25) is 4.79 Å². The molecule has 0 bridgehead atoms. The van der Waals surface area contributed by atoms with Crippen molar-refractivity contribution < 1.29 is 18.0 Å². The molecule has 0 aliphatic heterocycles. The maximum atomic E-state index is 12.6. The van der Waals surface area contributed by atoms with Crippen molar-refractivity contribution in [1.82, 2.24) is 0 Å². The van der Waals surface area contributed by atoms with Crippen LogP contribution in [0.4, 0.5) is 13.2 Å². The van der Waals surface area contributed by atoms with E-state index in [0.29, 0.717) is 4.24 Å². The van der Waals surface area contributed by atoms with E-state index in [2.05, 4.69) is 0 Å². The smallest absolute Gasteiger partial charge is 0.288 e. The first-order valence-electron chi connectivity index (χ1n) is 5.29. The number of halogens is 3. The van der Waals surface area contributed by atoms with Gasteiger partial charge in [-0.1, -0.05) is 12.1 Å². The number of carbonyl (C=O) groups excluding carboxylic acids is 1. The monoisotopic (exact) mass is 317 g/mol. The Kier molecular flexibility index (Phi) is 5.72. The van der Waals surface area contributed by atoms with Crippen molar-refractivity contribution in [2.75, 3.05) is 12.5 Å². The quantitative estimate of drug-likeness (QED) is 0.470. The number of allylic oxidation sites excluding steroid dienone is 1. The normalized spacial score (nSPS) is 10.8. The fraction of sp³-hybridized carbons (Fsp3) is 0.231. The van der Waals surface area contributed by atoms with Gasteiger partial charge in [-0.05, 0) is 24.6 Å². The number of thioether (sulfide) groups is 2. The number of alkyl halides is 3. The van der Waals surface area contributed by atoms with Crippen LogP contribution in [-0.2, 0) is 6.18 Å². The Labute approximate surface area is 123 Å². The van der Waals surface area contributed by atoms with Crippen LogP contribution in [0.1, 0.15) is 15.9 Å². The van der Waals surface area contributed by atoms with Gasteiger partial charge < -0.3 is 0 Å². The lowest BCUT2D eigenvalue weighted by Gasteiger charge is -2.09. The van der Waals surface area contributed by atoms with Crippen LogP contribution < -0.4 is 0 Å². The van der Waals surface area contributed by atoms with Crippen LogP contribution in [0, 0.1) is 11.3 Å². The van der Waals surface area contributed by atoms with Gasteiger partial charge in [0.1, 0.15) is 11.6 Å². The zero-order valence-corrected chi connectivity index (χ0v) is 12.2. The van der Waals surface area contributed by atoms with Crippen LogP contribution >= 0.6 is 23.5 Å². The fourth-order valence-electron chi connectivity index (χ4n) is 1.46. The summed E-state index contributed by atoms with van der Waals surface area (Å²) < 4.78 is 38.3. The summed E-state index contributed by atoms with van der Waals surface area (Å²) in [6.45, 7) is 0. The van der Waals surface area contributed by atoms with Crippen molar-refractivity contribution in [3.8, 4) is 6.07 Å². The molecular weight excluding hydrogens is 307 g/mol. The number of nitriles is 1. The largest absolute Gasteiger partial charge is 0.416 e. The predicted octanol–water partition coefficient (Wildman–Crippen LogP) is 4.35. The Bertz CT molecular complexity index is 582. The van der Waals surface area contributed by atoms with Gasteiger partial charge in [0.25, 0.3) is 0 Å². The summed E-state index contributed by atoms with van der Waals surface area (Å²) in [7, 11) is 0. The molecule has 0 spiro atoms. The number of carbonyl (C=O) groups is 1. The van der Waals surface area contributed by atoms with E-state index in [1.54, 1.807) is 18.6 Å². The maximum absolute atomic E-state index is 12.6. The molecule has 0 radical (unpaired) electrons. The summed E-state index contributed by atoms with van der Waals surface area (Å²) in [5.74, 6) is -0.697. The first-order valence-corrected chi connectivity index (χ1v) is 7.74. The van der Waals surface area contributed by atoms with E-state index in [9.17, 15) is 18.0 Å². The first-order chi connectivity index (χ1) is 9.35. The molecule has 1 aromatic rings. The van der Waals surface area contributed by atoms with Crippen molar-refractivity contribution in [2.24, 2.45) is 0 Å². The van der Waals surface area contributed by atoms with Gasteiger partial charge in [-0.25, -0.2) is 0 Å². The van der Waals surface area contributed by atoms with Gasteiger partial charge in [-0.15, -0.1) is 23.5 Å². The molecular formula is C13H10F3NOS2. The van der Waals surface area contributed by atoms with Crippen molar-refractivity contribution in [3.05, 3.63) is 45.2 Å². The van der Waals surface area contributed by atoms with E-state index in [0.717, 1.165) is 18.2 Å². The maximum Gasteiger partial charge on any atom is 0.416 e. The van der Waals surface area contributed by atoms with Crippen LogP contribution in [0.5, 0.6) is 0 Å². The Morgan fingerprint density at radius 3 is 2.30 bits per heavy atom. The zero-order chi connectivity index (χ0) is 15.3. The van der Waals surface area contributed by atoms with Crippen molar-refractivity contribution >= 4 is 29.3 Å². The SMILES string of the molecule is CSC(SC)=C(C#N)C(=O)c1cccc(C(F)(F)F)c1. The predicted molar refractivity (Wildman–Crippen MR) is 75.4 cm³/mol. The lowest BCUT2D eigenvalue weighted by molar-refractivity contribution is -0.137. The van der Waals surface area contributed by atoms with E-state index < -0.39 is 17.5 Å². The second kappa shape index (κ2) is 6.86. The summed E-state index contributed by atoms with van der Waals surface area (Å²) in [4.78, 5) is 12.1. The number of hydrogen-bond acceptors (Lipinski definition) is 4. The Balaban J connectivity index is 3.29. The minimum atomic E-state index is -4.52. The third-order valence-electron chi connectivity index (χ3n) is 2.37. The Morgan fingerprint density at radius 2 is 1.85 bits per heavy atom. The molecule has 0 N–H and O–H groups in total. The van der Waals surface area contributed by atoms with E-state index in [-0.39, 0.29) is 11.1 Å². The number of hydrogen-bond donors (Lipinski definition) is 0. The fourth-order valence-corrected chi connectivity index (χ4v) is 2.81. The van der Waals surface area contributed by atoms with Crippen molar-refractivity contribution in [2.45, 2.75) is 6.18 Å². The Morgan fingerprint density at radius 1 is 1.25 bits per heavy atom. The van der Waals surface area contributed by atoms with Crippen molar-refractivity contribution in [1.29, 1.82) is 5.26 Å². The standard InChI is InChI=1S/C13H10F3NOS2/c1-19-12(20-2)10(7-17)11(18)8-4-3-5-9(6-8)13(14,15)16/h3-6H,1-2H3. The highest BCUT2D eigenvalue weighted by Gasteiger charge is 2.31. The average molecular weight is 317 g/mol. The number of nitrogens with zero attached hydrogens (tertiary/aromatic N) is 1. The zero-order valence-electron chi connectivity index (χ0n) is 10.6. The van der Waals surface area contributed by atoms with Gasteiger partial charge in [0.15, 0.2) is 0 Å². The van der Waals surface area contributed by atoms with Gasteiger partial charge in [0.05, 0.1) is 9.80 Å². The second-order valence-corrected chi connectivity index (χ2v) is 5.48. The van der Waals surface area contributed by atoms with Gasteiger partial charge in [0.2, 0.25) is 5.78 Å². The molecule has 0 aromatic heterocycles. The Hall–Kier alpha value is -1.39. The molecule has 106 valence electrons. The highest BCUT2D eigenvalue weighted by atomic mass is 32.2. The summed E-state index contributed by atoms with van der Waals surface area (Å²) in [6.07, 6.45) is -1.13. The van der Waals surface area contributed by atoms with Crippen LogP contribution in [-0.4, -0.2) is 18.3 Å². The van der Waals surface area contributed by atoms with Gasteiger partial charge in [-0.2, -0.15) is 18.4 Å². The molecule has 0 unspecified atom stereocenters. The topological polar surface area (TPSA) is 40.9 Å². The molecule has 0 fully saturated rings. The molecule has 7 heteroatoms. The summed E-state index contributed by atoms with van der Waals surface area (Å²) >= 11 is 2.42. The van der Waals surface area contributed by atoms with E-state index in [1.165, 1.54) is 29.6 Å². The molecule has 1 aromatic carbocycles. The molecule has 2 nitrogen and oxygen atoms in total. The van der Waals surface area contributed by atoms with Crippen LogP contribution in [0.3, 0.4) is 0 Å². The average Bonchev–Trinajstić information content (AvgIpc) is 2.43. The molecule has 0 aliphatic carbocycles. The number of rotatable bonds is 4. The van der Waals surface area contributed by atoms with Gasteiger partial charge >= 0.3 is 6.18 Å². The van der Waals surface area contributed by atoms with Crippen LogP contribution in [0.2, 0.25) is 0 Å². The molecule has 0 atom stereocenters. The number of ketones is 1. The van der Waals surface area contributed by atoms with E-state index in [4.69, 9.17) is 5.26 Å². The summed E-state index contributed by atoms with van der Waals surface area (Å²) in [5.41, 5.74) is -1.18. The molecule has 0 saturated carbocycles. The molecule has 20 heavy (non-hydrogen) atoms. The lowest BCUT2D eigenvalue weighted by Crippen LogP contribution is -2.09. The summed E-state index contributed by atoms with van der Waals surface area (Å²) in [6, 6.07) is 5.84. The third-order valence-corrected chi connectivity index (χ3v) is 4.52.